The molecule has 0 spiro atoms. The third kappa shape index (κ3) is 2.41. The van der Waals surface area contributed by atoms with Gasteiger partial charge in [0.25, 0.3) is 0 Å². The van der Waals surface area contributed by atoms with Crippen LogP contribution in [-0.4, -0.2) is 50.9 Å². The van der Waals surface area contributed by atoms with E-state index in [-0.39, 0.29) is 23.8 Å². The van der Waals surface area contributed by atoms with Gasteiger partial charge in [-0.1, -0.05) is 5.16 Å². The standard InChI is InChI=1S/C17H22N4O3/c22-14-8-11(9-21(14)12-5-6-12)17(23)20-7-1-2-13(20)15-18-16(24-19-15)10-3-4-10/h10-13H,1-9H2. The zero-order chi connectivity index (χ0) is 16.3. The molecule has 0 N–H and O–H groups in total. The Kier molecular flexibility index (Phi) is 3.18. The Bertz CT molecular complexity index is 679. The van der Waals surface area contributed by atoms with Gasteiger partial charge in [0.15, 0.2) is 5.82 Å². The van der Waals surface area contributed by atoms with Gasteiger partial charge in [0.2, 0.25) is 17.7 Å². The minimum Gasteiger partial charge on any atom is -0.339 e. The average Bonchev–Trinajstić information content (AvgIpc) is 3.47. The fraction of sp³-hybridized carbons (Fsp3) is 0.765. The van der Waals surface area contributed by atoms with Gasteiger partial charge < -0.3 is 14.3 Å². The third-order valence-electron chi connectivity index (χ3n) is 5.71. The number of rotatable bonds is 4. The highest BCUT2D eigenvalue weighted by Crippen LogP contribution is 2.41. The molecule has 2 amide bonds. The van der Waals surface area contributed by atoms with E-state index in [2.05, 4.69) is 10.1 Å². The van der Waals surface area contributed by atoms with Crippen molar-refractivity contribution in [1.29, 1.82) is 0 Å². The molecular weight excluding hydrogens is 308 g/mol. The Labute approximate surface area is 140 Å². The predicted molar refractivity (Wildman–Crippen MR) is 82.8 cm³/mol. The monoisotopic (exact) mass is 330 g/mol. The highest BCUT2D eigenvalue weighted by atomic mass is 16.5. The second-order valence-electron chi connectivity index (χ2n) is 7.63. The highest BCUT2D eigenvalue weighted by Gasteiger charge is 2.45. The van der Waals surface area contributed by atoms with E-state index < -0.39 is 0 Å². The first-order valence-corrected chi connectivity index (χ1v) is 9.14. The second-order valence-corrected chi connectivity index (χ2v) is 7.63. The van der Waals surface area contributed by atoms with Crippen LogP contribution in [0.4, 0.5) is 0 Å². The fourth-order valence-corrected chi connectivity index (χ4v) is 4.05. The van der Waals surface area contributed by atoms with Crippen LogP contribution in [0.15, 0.2) is 4.52 Å². The van der Waals surface area contributed by atoms with Gasteiger partial charge in [0.05, 0.1) is 12.0 Å². The summed E-state index contributed by atoms with van der Waals surface area (Å²) in [6.07, 6.45) is 6.61. The van der Waals surface area contributed by atoms with Crippen molar-refractivity contribution >= 4 is 11.8 Å². The van der Waals surface area contributed by atoms with Gasteiger partial charge in [0.1, 0.15) is 0 Å². The number of amides is 2. The molecular formula is C17H22N4O3. The van der Waals surface area contributed by atoms with Crippen LogP contribution in [0, 0.1) is 5.92 Å². The van der Waals surface area contributed by atoms with E-state index in [4.69, 9.17) is 4.52 Å². The van der Waals surface area contributed by atoms with Gasteiger partial charge in [-0.15, -0.1) is 0 Å². The molecule has 128 valence electrons. The first-order valence-electron chi connectivity index (χ1n) is 9.14. The molecule has 2 aliphatic heterocycles. The lowest BCUT2D eigenvalue weighted by molar-refractivity contribution is -0.136. The van der Waals surface area contributed by atoms with Crippen LogP contribution in [0.1, 0.15) is 68.6 Å². The maximum absolute atomic E-state index is 13.0. The number of hydrogen-bond acceptors (Lipinski definition) is 5. The lowest BCUT2D eigenvalue weighted by atomic mass is 10.1. The molecule has 1 aromatic heterocycles. The topological polar surface area (TPSA) is 79.5 Å². The summed E-state index contributed by atoms with van der Waals surface area (Å²) >= 11 is 0. The van der Waals surface area contributed by atoms with Gasteiger partial charge in [-0.2, -0.15) is 4.98 Å². The summed E-state index contributed by atoms with van der Waals surface area (Å²) in [6, 6.07) is 0.307. The van der Waals surface area contributed by atoms with Crippen molar-refractivity contribution in [3.8, 4) is 0 Å². The Morgan fingerprint density at radius 2 is 2.00 bits per heavy atom. The zero-order valence-corrected chi connectivity index (χ0v) is 13.7. The van der Waals surface area contributed by atoms with Crippen LogP contribution in [0.5, 0.6) is 0 Å². The van der Waals surface area contributed by atoms with E-state index in [0.717, 1.165) is 51.0 Å². The maximum Gasteiger partial charge on any atom is 0.229 e. The Hall–Kier alpha value is -1.92. The molecule has 0 aromatic carbocycles. The number of carbonyl (C=O) groups excluding carboxylic acids is 2. The number of aromatic nitrogens is 2. The molecule has 5 rings (SSSR count). The fourth-order valence-electron chi connectivity index (χ4n) is 4.05. The van der Waals surface area contributed by atoms with Crippen LogP contribution in [0.2, 0.25) is 0 Å². The first kappa shape index (κ1) is 14.4. The quantitative estimate of drug-likeness (QED) is 0.838. The Morgan fingerprint density at radius 1 is 1.17 bits per heavy atom. The van der Waals surface area contributed by atoms with Gasteiger partial charge in [-0.25, -0.2) is 0 Å². The van der Waals surface area contributed by atoms with Crippen LogP contribution >= 0.6 is 0 Å². The van der Waals surface area contributed by atoms with Crippen LogP contribution in [0.3, 0.4) is 0 Å². The zero-order valence-electron chi connectivity index (χ0n) is 13.7. The molecule has 2 saturated carbocycles. The van der Waals surface area contributed by atoms with Gasteiger partial charge in [0, 0.05) is 31.5 Å². The van der Waals surface area contributed by atoms with E-state index in [9.17, 15) is 9.59 Å². The molecule has 0 radical (unpaired) electrons. The molecule has 7 nitrogen and oxygen atoms in total. The first-order chi connectivity index (χ1) is 11.7. The summed E-state index contributed by atoms with van der Waals surface area (Å²) in [7, 11) is 0. The summed E-state index contributed by atoms with van der Waals surface area (Å²) in [6.45, 7) is 1.32. The van der Waals surface area contributed by atoms with Gasteiger partial charge in [-0.05, 0) is 38.5 Å². The molecule has 2 unspecified atom stereocenters. The van der Waals surface area contributed by atoms with Crippen molar-refractivity contribution in [2.24, 2.45) is 5.92 Å². The molecule has 2 saturated heterocycles. The van der Waals surface area contributed by atoms with Crippen molar-refractivity contribution < 1.29 is 14.1 Å². The van der Waals surface area contributed by atoms with Crippen molar-refractivity contribution in [3.05, 3.63) is 11.7 Å². The summed E-state index contributed by atoms with van der Waals surface area (Å²) in [5, 5.41) is 4.13. The highest BCUT2D eigenvalue weighted by molar-refractivity contribution is 5.89. The third-order valence-corrected chi connectivity index (χ3v) is 5.71. The molecule has 3 heterocycles. The van der Waals surface area contributed by atoms with Crippen LogP contribution in [-0.2, 0) is 9.59 Å². The van der Waals surface area contributed by atoms with Gasteiger partial charge >= 0.3 is 0 Å². The summed E-state index contributed by atoms with van der Waals surface area (Å²) < 4.78 is 5.37. The SMILES string of the molecule is O=C1CC(C(=O)N2CCCC2c2noc(C3CC3)n2)CN1C1CC1. The molecule has 2 atom stereocenters. The molecule has 4 fully saturated rings. The summed E-state index contributed by atoms with van der Waals surface area (Å²) in [5.41, 5.74) is 0. The van der Waals surface area contributed by atoms with Crippen LogP contribution < -0.4 is 0 Å². The normalized spacial score (nSPS) is 30.4. The van der Waals surface area contributed by atoms with Gasteiger partial charge in [-0.3, -0.25) is 9.59 Å². The number of likely N-dealkylation sites (tertiary alicyclic amines) is 2. The Morgan fingerprint density at radius 3 is 2.75 bits per heavy atom. The summed E-state index contributed by atoms with van der Waals surface area (Å²) in [4.78, 5) is 33.4. The molecule has 0 bridgehead atoms. The van der Waals surface area contributed by atoms with E-state index in [1.54, 1.807) is 0 Å². The molecule has 2 aliphatic carbocycles. The molecule has 7 heteroatoms. The number of hydrogen-bond donors (Lipinski definition) is 0. The van der Waals surface area contributed by atoms with Crippen molar-refractivity contribution in [2.75, 3.05) is 13.1 Å². The van der Waals surface area contributed by atoms with Crippen molar-refractivity contribution in [1.82, 2.24) is 19.9 Å². The van der Waals surface area contributed by atoms with Crippen molar-refractivity contribution in [2.45, 2.75) is 62.9 Å². The summed E-state index contributed by atoms with van der Waals surface area (Å²) in [5.74, 6) is 1.82. The van der Waals surface area contributed by atoms with E-state index in [0.29, 0.717) is 30.7 Å². The maximum atomic E-state index is 13.0. The lowest BCUT2D eigenvalue weighted by Gasteiger charge is -2.25. The molecule has 4 aliphatic rings. The van der Waals surface area contributed by atoms with Crippen LogP contribution in [0.25, 0.3) is 0 Å². The second kappa shape index (κ2) is 5.29. The Balaban J connectivity index is 1.31. The largest absolute Gasteiger partial charge is 0.339 e. The molecule has 1 aromatic rings. The number of nitrogens with zero attached hydrogens (tertiary/aromatic N) is 4. The number of carbonyl (C=O) groups is 2. The molecule has 24 heavy (non-hydrogen) atoms. The average molecular weight is 330 g/mol. The van der Waals surface area contributed by atoms with Crippen molar-refractivity contribution in [3.63, 3.8) is 0 Å². The van der Waals surface area contributed by atoms with E-state index in [1.165, 1.54) is 0 Å². The van der Waals surface area contributed by atoms with E-state index in [1.807, 2.05) is 9.80 Å². The smallest absolute Gasteiger partial charge is 0.229 e. The lowest BCUT2D eigenvalue weighted by Crippen LogP contribution is -2.37. The minimum atomic E-state index is -0.200. The predicted octanol–water partition coefficient (Wildman–Crippen LogP) is 1.62. The minimum absolute atomic E-state index is 0.0844. The van der Waals surface area contributed by atoms with E-state index >= 15 is 0 Å².